The maximum atomic E-state index is 10.6. The molecule has 1 aromatic rings. The number of fused-ring (bicyclic) bond motifs is 1. The minimum absolute atomic E-state index is 0.122. The van der Waals surface area contributed by atoms with Gasteiger partial charge in [0.1, 0.15) is 0 Å². The molecule has 3 aliphatic rings. The Hall–Kier alpha value is -1.68. The monoisotopic (exact) mass is 420 g/mol. The van der Waals surface area contributed by atoms with E-state index in [0.717, 1.165) is 35.6 Å². The number of hydrogen-bond acceptors (Lipinski definition) is 9. The predicted molar refractivity (Wildman–Crippen MR) is 110 cm³/mol. The zero-order valence-corrected chi connectivity index (χ0v) is 17.4. The summed E-state index contributed by atoms with van der Waals surface area (Å²) >= 11 is 1.76. The van der Waals surface area contributed by atoms with Crippen molar-refractivity contribution < 1.29 is 19.3 Å². The molecule has 4 heterocycles. The minimum atomic E-state index is -0.481. The molecule has 1 unspecified atom stereocenters. The standard InChI is InChI=1S/C20H28N4O4S/c1-26-19-9-13(4-5-21-19)8-16(25)17-3-2-14(12-28-17)22-11-15-10-18-20(24-23-15)27-6-7-29-18/h4-5,10,13-14,16-17,22,25H,2-3,6-9,11-12H2,1H3/t13?,14-,16+,17+/m1/s1. The lowest BCUT2D eigenvalue weighted by Gasteiger charge is -2.33. The van der Waals surface area contributed by atoms with Crippen LogP contribution in [-0.4, -0.2) is 65.5 Å². The van der Waals surface area contributed by atoms with E-state index in [0.29, 0.717) is 38.0 Å². The smallest absolute Gasteiger partial charge is 0.247 e. The lowest BCUT2D eigenvalue weighted by molar-refractivity contribution is -0.0775. The molecular weight excluding hydrogens is 392 g/mol. The maximum Gasteiger partial charge on any atom is 0.247 e. The Morgan fingerprint density at radius 1 is 1.38 bits per heavy atom. The van der Waals surface area contributed by atoms with E-state index >= 15 is 0 Å². The van der Waals surface area contributed by atoms with Crippen molar-refractivity contribution in [1.82, 2.24) is 15.5 Å². The number of aliphatic imine (C=N–C) groups is 1. The van der Waals surface area contributed by atoms with Crippen LogP contribution in [-0.2, 0) is 16.0 Å². The molecule has 8 nitrogen and oxygen atoms in total. The quantitative estimate of drug-likeness (QED) is 0.720. The van der Waals surface area contributed by atoms with E-state index in [4.69, 9.17) is 14.2 Å². The number of aromatic nitrogens is 2. The van der Waals surface area contributed by atoms with Gasteiger partial charge in [-0.25, -0.2) is 4.99 Å². The van der Waals surface area contributed by atoms with Crippen molar-refractivity contribution in [3.8, 4) is 5.88 Å². The molecule has 9 heteroatoms. The number of nitrogens with one attached hydrogen (secondary N) is 1. The van der Waals surface area contributed by atoms with Gasteiger partial charge >= 0.3 is 0 Å². The number of ether oxygens (including phenoxy) is 3. The Morgan fingerprint density at radius 2 is 2.31 bits per heavy atom. The van der Waals surface area contributed by atoms with Crippen LogP contribution in [0.1, 0.15) is 31.4 Å². The van der Waals surface area contributed by atoms with Gasteiger partial charge in [-0.15, -0.1) is 16.9 Å². The molecule has 1 aromatic heterocycles. The van der Waals surface area contributed by atoms with Gasteiger partial charge in [0, 0.05) is 31.0 Å². The highest BCUT2D eigenvalue weighted by Crippen LogP contribution is 2.31. The number of hydrogen-bond donors (Lipinski definition) is 2. The van der Waals surface area contributed by atoms with Crippen LogP contribution in [0.2, 0.25) is 0 Å². The van der Waals surface area contributed by atoms with Crippen LogP contribution < -0.4 is 10.1 Å². The van der Waals surface area contributed by atoms with Gasteiger partial charge in [-0.1, -0.05) is 6.08 Å². The van der Waals surface area contributed by atoms with Gasteiger partial charge in [-0.05, 0) is 31.2 Å². The topological polar surface area (TPSA) is 98.1 Å². The maximum absolute atomic E-state index is 10.6. The fourth-order valence-corrected chi connectivity index (χ4v) is 4.65. The number of allylic oxidation sites excluding steroid dienone is 1. The summed E-state index contributed by atoms with van der Waals surface area (Å²) in [4.78, 5) is 5.23. The molecule has 29 heavy (non-hydrogen) atoms. The lowest BCUT2D eigenvalue weighted by atomic mass is 9.91. The molecule has 0 bridgehead atoms. The second kappa shape index (κ2) is 9.88. The SMILES string of the molecule is COC1=NC=CC(C[C@H](O)[C@@H]2CC[C@@H](NCc3cc4c(nn3)OCCS4)CO2)C1. The zero-order valence-electron chi connectivity index (χ0n) is 16.6. The Labute approximate surface area is 175 Å². The lowest BCUT2D eigenvalue weighted by Crippen LogP contribution is -2.43. The van der Waals surface area contributed by atoms with Crippen molar-refractivity contribution in [3.05, 3.63) is 24.0 Å². The molecule has 0 saturated carbocycles. The third-order valence-electron chi connectivity index (χ3n) is 5.46. The summed E-state index contributed by atoms with van der Waals surface area (Å²) in [5.41, 5.74) is 0.906. The molecule has 2 N–H and O–H groups in total. The average Bonchev–Trinajstić information content (AvgIpc) is 2.78. The second-order valence-electron chi connectivity index (χ2n) is 7.56. The first-order chi connectivity index (χ1) is 14.2. The van der Waals surface area contributed by atoms with Gasteiger partial charge in [0.05, 0.1) is 43.1 Å². The largest absolute Gasteiger partial charge is 0.484 e. The number of methoxy groups -OCH3 is 1. The summed E-state index contributed by atoms with van der Waals surface area (Å²) in [5, 5.41) is 22.5. The first kappa shape index (κ1) is 20.6. The third kappa shape index (κ3) is 5.48. The molecule has 0 aliphatic carbocycles. The molecule has 158 valence electrons. The summed E-state index contributed by atoms with van der Waals surface area (Å²) in [5.74, 6) is 2.54. The highest BCUT2D eigenvalue weighted by Gasteiger charge is 2.29. The first-order valence-electron chi connectivity index (χ1n) is 10.1. The van der Waals surface area contributed by atoms with Gasteiger partial charge in [0.15, 0.2) is 5.90 Å². The summed E-state index contributed by atoms with van der Waals surface area (Å²) in [6, 6.07) is 2.30. The normalized spacial score (nSPS) is 27.5. The van der Waals surface area contributed by atoms with Crippen molar-refractivity contribution in [1.29, 1.82) is 0 Å². The minimum Gasteiger partial charge on any atom is -0.484 e. The van der Waals surface area contributed by atoms with Crippen molar-refractivity contribution in [2.24, 2.45) is 10.9 Å². The van der Waals surface area contributed by atoms with Gasteiger partial charge in [-0.2, -0.15) is 5.10 Å². The van der Waals surface area contributed by atoms with Gasteiger partial charge in [0.25, 0.3) is 0 Å². The molecule has 4 atom stereocenters. The van der Waals surface area contributed by atoms with Crippen LogP contribution in [0.3, 0.4) is 0 Å². The predicted octanol–water partition coefficient (Wildman–Crippen LogP) is 1.93. The summed E-state index contributed by atoms with van der Waals surface area (Å²) < 4.78 is 16.7. The number of aliphatic hydroxyl groups is 1. The van der Waals surface area contributed by atoms with E-state index in [9.17, 15) is 5.11 Å². The number of nitrogens with zero attached hydrogens (tertiary/aromatic N) is 3. The summed E-state index contributed by atoms with van der Waals surface area (Å²) in [6.07, 6.45) is 6.37. The molecule has 0 aromatic carbocycles. The van der Waals surface area contributed by atoms with Gasteiger partial charge < -0.3 is 24.6 Å². The van der Waals surface area contributed by atoms with E-state index in [1.165, 1.54) is 0 Å². The van der Waals surface area contributed by atoms with Crippen LogP contribution in [0.25, 0.3) is 0 Å². The van der Waals surface area contributed by atoms with Crippen LogP contribution in [0.4, 0.5) is 0 Å². The average molecular weight is 421 g/mol. The molecular formula is C20H28N4O4S. The summed E-state index contributed by atoms with van der Waals surface area (Å²) in [6.45, 7) is 1.92. The van der Waals surface area contributed by atoms with Crippen LogP contribution in [0.5, 0.6) is 5.88 Å². The van der Waals surface area contributed by atoms with Crippen LogP contribution in [0, 0.1) is 5.92 Å². The first-order valence-corrected chi connectivity index (χ1v) is 11.1. The van der Waals surface area contributed by atoms with E-state index in [1.807, 2.05) is 12.1 Å². The summed E-state index contributed by atoms with van der Waals surface area (Å²) in [7, 11) is 1.63. The third-order valence-corrected chi connectivity index (χ3v) is 6.44. The van der Waals surface area contributed by atoms with Crippen molar-refractivity contribution >= 4 is 17.7 Å². The zero-order chi connectivity index (χ0) is 20.1. The van der Waals surface area contributed by atoms with E-state index in [-0.39, 0.29) is 18.1 Å². The van der Waals surface area contributed by atoms with Gasteiger partial charge in [0.2, 0.25) is 5.88 Å². The fraction of sp³-hybridized carbons (Fsp3) is 0.650. The highest BCUT2D eigenvalue weighted by atomic mass is 32.2. The Bertz CT molecular complexity index is 752. The molecule has 0 radical (unpaired) electrons. The van der Waals surface area contributed by atoms with Crippen molar-refractivity contribution in [3.63, 3.8) is 0 Å². The van der Waals surface area contributed by atoms with Gasteiger partial charge in [-0.3, -0.25) is 0 Å². The van der Waals surface area contributed by atoms with E-state index in [1.54, 1.807) is 25.1 Å². The molecule has 0 spiro atoms. The van der Waals surface area contributed by atoms with Crippen molar-refractivity contribution in [2.45, 2.75) is 55.4 Å². The van der Waals surface area contributed by atoms with Crippen molar-refractivity contribution in [2.75, 3.05) is 26.1 Å². The Morgan fingerprint density at radius 3 is 3.14 bits per heavy atom. The number of rotatable bonds is 6. The molecule has 0 amide bonds. The molecule has 1 saturated heterocycles. The molecule has 4 rings (SSSR count). The van der Waals surface area contributed by atoms with E-state index in [2.05, 4.69) is 20.5 Å². The van der Waals surface area contributed by atoms with E-state index < -0.39 is 6.10 Å². The second-order valence-corrected chi connectivity index (χ2v) is 8.70. The fourth-order valence-electron chi connectivity index (χ4n) is 3.82. The van der Waals surface area contributed by atoms with Crippen LogP contribution >= 0.6 is 11.8 Å². The Kier molecular flexibility index (Phi) is 7.02. The van der Waals surface area contributed by atoms with Crippen LogP contribution in [0.15, 0.2) is 28.2 Å². The molecule has 3 aliphatic heterocycles. The molecule has 1 fully saturated rings. The number of thioether (sulfide) groups is 1. The highest BCUT2D eigenvalue weighted by molar-refractivity contribution is 7.99. The Balaban J connectivity index is 1.19. The number of aliphatic hydroxyl groups excluding tert-OH is 1.